The molecule has 0 atom stereocenters. The summed E-state index contributed by atoms with van der Waals surface area (Å²) in [4.78, 5) is 9.47. The van der Waals surface area contributed by atoms with Crippen molar-refractivity contribution in [3.8, 4) is 0 Å². The minimum absolute atomic E-state index is 0.990. The summed E-state index contributed by atoms with van der Waals surface area (Å²) in [5, 5.41) is 10.9. The lowest BCUT2D eigenvalue weighted by Crippen LogP contribution is -2.47. The van der Waals surface area contributed by atoms with Crippen molar-refractivity contribution < 1.29 is 0 Å². The first-order valence-electron chi connectivity index (χ1n) is 8.90. The van der Waals surface area contributed by atoms with Gasteiger partial charge in [0.05, 0.1) is 6.20 Å². The zero-order valence-electron chi connectivity index (χ0n) is 14.6. The van der Waals surface area contributed by atoms with E-state index < -0.39 is 0 Å². The van der Waals surface area contributed by atoms with Crippen molar-refractivity contribution in [1.82, 2.24) is 20.1 Å². The SMILES string of the molecule is Cc1cccc(CCN2CCN(c3nncc4ccccc34)CC2)n1. The highest BCUT2D eigenvalue weighted by Gasteiger charge is 2.19. The van der Waals surface area contributed by atoms with Crippen molar-refractivity contribution in [3.05, 3.63) is 60.0 Å². The number of nitrogens with zero attached hydrogens (tertiary/aromatic N) is 5. The lowest BCUT2D eigenvalue weighted by Gasteiger charge is -2.35. The molecule has 1 aliphatic heterocycles. The largest absolute Gasteiger partial charge is 0.352 e. The smallest absolute Gasteiger partial charge is 0.159 e. The maximum absolute atomic E-state index is 4.60. The van der Waals surface area contributed by atoms with Crippen LogP contribution in [0.3, 0.4) is 0 Å². The van der Waals surface area contributed by atoms with Gasteiger partial charge >= 0.3 is 0 Å². The van der Waals surface area contributed by atoms with E-state index in [9.17, 15) is 0 Å². The van der Waals surface area contributed by atoms with Gasteiger partial charge in [0.2, 0.25) is 0 Å². The normalized spacial score (nSPS) is 15.6. The van der Waals surface area contributed by atoms with Gasteiger partial charge in [0.25, 0.3) is 0 Å². The van der Waals surface area contributed by atoms with Crippen LogP contribution in [0.15, 0.2) is 48.7 Å². The Balaban J connectivity index is 1.38. The Kier molecular flexibility index (Phi) is 4.57. The average molecular weight is 333 g/mol. The second-order valence-electron chi connectivity index (χ2n) is 6.60. The maximum Gasteiger partial charge on any atom is 0.159 e. The van der Waals surface area contributed by atoms with Crippen molar-refractivity contribution in [2.75, 3.05) is 37.6 Å². The molecule has 0 spiro atoms. The van der Waals surface area contributed by atoms with Crippen LogP contribution in [-0.4, -0.2) is 52.8 Å². The number of hydrogen-bond acceptors (Lipinski definition) is 5. The fourth-order valence-corrected chi connectivity index (χ4v) is 3.44. The molecule has 4 rings (SSSR count). The molecule has 5 nitrogen and oxygen atoms in total. The summed E-state index contributed by atoms with van der Waals surface area (Å²) >= 11 is 0. The van der Waals surface area contributed by atoms with E-state index in [4.69, 9.17) is 0 Å². The first-order chi connectivity index (χ1) is 12.3. The molecule has 25 heavy (non-hydrogen) atoms. The number of piperazine rings is 1. The van der Waals surface area contributed by atoms with Crippen molar-refractivity contribution >= 4 is 16.6 Å². The van der Waals surface area contributed by atoms with Crippen LogP contribution in [0.1, 0.15) is 11.4 Å². The van der Waals surface area contributed by atoms with Crippen molar-refractivity contribution in [2.24, 2.45) is 0 Å². The van der Waals surface area contributed by atoms with Gasteiger partial charge in [-0.1, -0.05) is 30.3 Å². The molecule has 3 aromatic rings. The molecule has 0 N–H and O–H groups in total. The maximum atomic E-state index is 4.60. The molecule has 128 valence electrons. The quantitative estimate of drug-likeness (QED) is 0.734. The molecular weight excluding hydrogens is 310 g/mol. The predicted octanol–water partition coefficient (Wildman–Crippen LogP) is 2.70. The first kappa shape index (κ1) is 16.0. The first-order valence-corrected chi connectivity index (χ1v) is 8.90. The van der Waals surface area contributed by atoms with Crippen LogP contribution in [0, 0.1) is 6.92 Å². The fourth-order valence-electron chi connectivity index (χ4n) is 3.44. The molecule has 0 radical (unpaired) electrons. The van der Waals surface area contributed by atoms with Crippen LogP contribution < -0.4 is 4.90 Å². The Bertz CT molecular complexity index is 850. The van der Waals surface area contributed by atoms with Gasteiger partial charge in [-0.2, -0.15) is 5.10 Å². The highest BCUT2D eigenvalue weighted by molar-refractivity contribution is 5.91. The lowest BCUT2D eigenvalue weighted by atomic mass is 10.1. The summed E-state index contributed by atoms with van der Waals surface area (Å²) in [6.07, 6.45) is 2.85. The third-order valence-corrected chi connectivity index (χ3v) is 4.85. The molecular formula is C20H23N5. The van der Waals surface area contributed by atoms with E-state index in [2.05, 4.69) is 55.3 Å². The van der Waals surface area contributed by atoms with E-state index >= 15 is 0 Å². The van der Waals surface area contributed by atoms with E-state index in [-0.39, 0.29) is 0 Å². The summed E-state index contributed by atoms with van der Waals surface area (Å²) in [7, 11) is 0. The average Bonchev–Trinajstić information content (AvgIpc) is 2.66. The van der Waals surface area contributed by atoms with Crippen molar-refractivity contribution in [3.63, 3.8) is 0 Å². The van der Waals surface area contributed by atoms with E-state index in [1.54, 1.807) is 0 Å². The summed E-state index contributed by atoms with van der Waals surface area (Å²) in [6.45, 7) is 7.19. The molecule has 1 aromatic carbocycles. The highest BCUT2D eigenvalue weighted by Crippen LogP contribution is 2.24. The van der Waals surface area contributed by atoms with Crippen LogP contribution in [0.25, 0.3) is 10.8 Å². The molecule has 1 aliphatic rings. The van der Waals surface area contributed by atoms with Crippen molar-refractivity contribution in [1.29, 1.82) is 0 Å². The van der Waals surface area contributed by atoms with Crippen molar-refractivity contribution in [2.45, 2.75) is 13.3 Å². The van der Waals surface area contributed by atoms with Gasteiger partial charge in [0.15, 0.2) is 5.82 Å². The lowest BCUT2D eigenvalue weighted by molar-refractivity contribution is 0.259. The molecule has 5 heteroatoms. The summed E-state index contributed by atoms with van der Waals surface area (Å²) in [6, 6.07) is 14.6. The predicted molar refractivity (Wildman–Crippen MR) is 101 cm³/mol. The molecule has 1 fully saturated rings. The highest BCUT2D eigenvalue weighted by atomic mass is 15.3. The zero-order valence-corrected chi connectivity index (χ0v) is 14.6. The number of fused-ring (bicyclic) bond motifs is 1. The summed E-state index contributed by atoms with van der Waals surface area (Å²) in [5.41, 5.74) is 2.28. The van der Waals surface area contributed by atoms with E-state index in [0.29, 0.717) is 0 Å². The molecule has 0 saturated carbocycles. The van der Waals surface area contributed by atoms with Crippen LogP contribution in [0.4, 0.5) is 5.82 Å². The van der Waals surface area contributed by atoms with Gasteiger partial charge in [-0.3, -0.25) is 9.88 Å². The zero-order chi connectivity index (χ0) is 17.1. The number of hydrogen-bond donors (Lipinski definition) is 0. The topological polar surface area (TPSA) is 45.2 Å². The van der Waals surface area contributed by atoms with E-state index in [1.165, 1.54) is 11.1 Å². The minimum Gasteiger partial charge on any atom is -0.352 e. The summed E-state index contributed by atoms with van der Waals surface area (Å²) in [5.74, 6) is 1.01. The van der Waals surface area contributed by atoms with Gasteiger partial charge in [0.1, 0.15) is 0 Å². The second kappa shape index (κ2) is 7.15. The van der Waals surface area contributed by atoms with E-state index in [1.807, 2.05) is 25.3 Å². The molecule has 0 unspecified atom stereocenters. The second-order valence-corrected chi connectivity index (χ2v) is 6.60. The molecule has 2 aromatic heterocycles. The van der Waals surface area contributed by atoms with Crippen LogP contribution in [0.5, 0.6) is 0 Å². The molecule has 0 bridgehead atoms. The molecule has 0 amide bonds. The number of pyridine rings is 1. The molecule has 1 saturated heterocycles. The Morgan fingerprint density at radius 3 is 2.64 bits per heavy atom. The Labute approximate surface area is 148 Å². The standard InChI is InChI=1S/C20H23N5/c1-16-5-4-7-18(22-16)9-10-24-11-13-25(14-12-24)20-19-8-3-2-6-17(19)15-21-23-20/h2-8,15H,9-14H2,1H3. The van der Waals surface area contributed by atoms with Gasteiger partial charge in [0, 0.05) is 61.3 Å². The van der Waals surface area contributed by atoms with Gasteiger partial charge in [-0.25, -0.2) is 0 Å². The minimum atomic E-state index is 0.990. The number of anilines is 1. The van der Waals surface area contributed by atoms with Crippen LogP contribution in [-0.2, 0) is 6.42 Å². The Morgan fingerprint density at radius 2 is 1.80 bits per heavy atom. The fraction of sp³-hybridized carbons (Fsp3) is 0.350. The van der Waals surface area contributed by atoms with Crippen LogP contribution in [0.2, 0.25) is 0 Å². The Hall–Kier alpha value is -2.53. The number of rotatable bonds is 4. The third kappa shape index (κ3) is 3.61. The number of aromatic nitrogens is 3. The van der Waals surface area contributed by atoms with Crippen LogP contribution >= 0.6 is 0 Å². The van der Waals surface area contributed by atoms with E-state index in [0.717, 1.165) is 56.0 Å². The molecule has 0 aliphatic carbocycles. The van der Waals surface area contributed by atoms with Gasteiger partial charge in [-0.05, 0) is 19.1 Å². The van der Waals surface area contributed by atoms with Gasteiger partial charge in [-0.15, -0.1) is 5.10 Å². The Morgan fingerprint density at radius 1 is 0.960 bits per heavy atom. The van der Waals surface area contributed by atoms with Gasteiger partial charge < -0.3 is 4.90 Å². The monoisotopic (exact) mass is 333 g/mol. The summed E-state index contributed by atoms with van der Waals surface area (Å²) < 4.78 is 0. The number of benzene rings is 1. The number of aryl methyl sites for hydroxylation is 1. The molecule has 3 heterocycles. The third-order valence-electron chi connectivity index (χ3n) is 4.85.